The topological polar surface area (TPSA) is 85.7 Å². The SMILES string of the molecule is CC(NC(=O)Cc1ccc(-c2ccccc2)cc1)c1ccc(N2CCS(O)(O)CC2)cn1. The third-order valence-corrected chi connectivity index (χ3v) is 7.43. The van der Waals surface area contributed by atoms with Gasteiger partial charge in [-0.15, -0.1) is 0 Å². The van der Waals surface area contributed by atoms with Gasteiger partial charge < -0.3 is 10.2 Å². The molecule has 168 valence electrons. The molecule has 3 aromatic rings. The van der Waals surface area contributed by atoms with E-state index >= 15 is 0 Å². The lowest BCUT2D eigenvalue weighted by Gasteiger charge is -2.41. The fourth-order valence-corrected chi connectivity index (χ4v) is 5.05. The quantitative estimate of drug-likeness (QED) is 0.504. The predicted octanol–water partition coefficient (Wildman–Crippen LogP) is 4.74. The molecule has 4 rings (SSSR count). The molecule has 0 bridgehead atoms. The van der Waals surface area contributed by atoms with Gasteiger partial charge in [0, 0.05) is 13.1 Å². The molecule has 0 spiro atoms. The first-order valence-electron chi connectivity index (χ1n) is 10.8. The molecule has 0 saturated carbocycles. The van der Waals surface area contributed by atoms with Crippen LogP contribution in [0.4, 0.5) is 5.69 Å². The molecule has 7 heteroatoms. The Morgan fingerprint density at radius 3 is 2.28 bits per heavy atom. The van der Waals surface area contributed by atoms with Crippen LogP contribution in [-0.2, 0) is 11.2 Å². The second-order valence-electron chi connectivity index (χ2n) is 8.17. The van der Waals surface area contributed by atoms with Crippen LogP contribution in [0.25, 0.3) is 11.1 Å². The van der Waals surface area contributed by atoms with Gasteiger partial charge in [0.25, 0.3) is 0 Å². The number of nitrogens with zero attached hydrogens (tertiary/aromatic N) is 2. The molecule has 2 aromatic carbocycles. The molecule has 1 saturated heterocycles. The number of pyridine rings is 1. The van der Waals surface area contributed by atoms with Crippen LogP contribution < -0.4 is 10.2 Å². The number of benzene rings is 2. The standard InChI is InChI=1S/C25H29N3O3S/c1-19(24-12-11-23(18-26-24)28-13-15-32(30,31)16-14-28)27-25(29)17-20-7-9-22(10-8-20)21-5-3-2-4-6-21/h2-12,18-19,30-31H,13-17H2,1H3,(H,27,29). The van der Waals surface area contributed by atoms with Crippen LogP contribution in [0.15, 0.2) is 72.9 Å². The van der Waals surface area contributed by atoms with Crippen LogP contribution in [-0.4, -0.2) is 44.6 Å². The fraction of sp³-hybridized carbons (Fsp3) is 0.280. The number of anilines is 1. The number of aromatic nitrogens is 1. The van der Waals surface area contributed by atoms with E-state index in [2.05, 4.69) is 27.3 Å². The highest BCUT2D eigenvalue weighted by molar-refractivity contribution is 8.24. The van der Waals surface area contributed by atoms with Crippen molar-refractivity contribution >= 4 is 22.2 Å². The van der Waals surface area contributed by atoms with Crippen molar-refractivity contribution in [2.24, 2.45) is 0 Å². The van der Waals surface area contributed by atoms with Gasteiger partial charge in [-0.05, 0) is 35.7 Å². The van der Waals surface area contributed by atoms with Crippen molar-refractivity contribution in [2.45, 2.75) is 19.4 Å². The van der Waals surface area contributed by atoms with E-state index in [1.807, 2.05) is 61.5 Å². The van der Waals surface area contributed by atoms with E-state index in [9.17, 15) is 13.9 Å². The van der Waals surface area contributed by atoms with Crippen LogP contribution in [0.3, 0.4) is 0 Å². The monoisotopic (exact) mass is 451 g/mol. The second-order valence-corrected chi connectivity index (χ2v) is 10.6. The molecule has 32 heavy (non-hydrogen) atoms. The molecule has 2 heterocycles. The van der Waals surface area contributed by atoms with Gasteiger partial charge in [-0.2, -0.15) is 10.6 Å². The summed E-state index contributed by atoms with van der Waals surface area (Å²) < 4.78 is 19.5. The maximum absolute atomic E-state index is 12.5. The molecule has 3 N–H and O–H groups in total. The highest BCUT2D eigenvalue weighted by Gasteiger charge is 2.22. The zero-order valence-corrected chi connectivity index (χ0v) is 19.0. The lowest BCUT2D eigenvalue weighted by atomic mass is 10.0. The van der Waals surface area contributed by atoms with E-state index < -0.39 is 10.6 Å². The van der Waals surface area contributed by atoms with Gasteiger partial charge in [0.1, 0.15) is 0 Å². The van der Waals surface area contributed by atoms with Gasteiger partial charge in [-0.3, -0.25) is 18.9 Å². The average Bonchev–Trinajstić information content (AvgIpc) is 2.80. The van der Waals surface area contributed by atoms with E-state index in [0.29, 0.717) is 31.0 Å². The van der Waals surface area contributed by atoms with Crippen molar-refractivity contribution < 1.29 is 13.9 Å². The first-order valence-corrected chi connectivity index (χ1v) is 12.7. The number of carbonyl (C=O) groups excluding carboxylic acids is 1. The van der Waals surface area contributed by atoms with Gasteiger partial charge in [0.2, 0.25) is 5.91 Å². The van der Waals surface area contributed by atoms with E-state index in [-0.39, 0.29) is 11.9 Å². The van der Waals surface area contributed by atoms with Crippen molar-refractivity contribution in [3.05, 3.63) is 84.2 Å². The smallest absolute Gasteiger partial charge is 0.224 e. The molecule has 0 radical (unpaired) electrons. The summed E-state index contributed by atoms with van der Waals surface area (Å²) in [5, 5.41) is 3.02. The molecule has 1 amide bonds. The average molecular weight is 452 g/mol. The second kappa shape index (κ2) is 9.73. The Hall–Kier alpha value is -2.87. The molecule has 1 fully saturated rings. The number of hydrogen-bond acceptors (Lipinski definition) is 5. The van der Waals surface area contributed by atoms with Gasteiger partial charge >= 0.3 is 0 Å². The third kappa shape index (κ3) is 5.68. The maximum atomic E-state index is 12.5. The summed E-state index contributed by atoms with van der Waals surface area (Å²) in [5.74, 6) is 0.748. The Labute approximate surface area is 190 Å². The third-order valence-electron chi connectivity index (χ3n) is 5.76. The van der Waals surface area contributed by atoms with Crippen molar-refractivity contribution in [1.82, 2.24) is 10.3 Å². The summed E-state index contributed by atoms with van der Waals surface area (Å²) in [5.41, 5.74) is 5.01. The number of nitrogens with one attached hydrogen (secondary N) is 1. The molecule has 1 aliphatic rings. The van der Waals surface area contributed by atoms with Crippen molar-refractivity contribution in [3.63, 3.8) is 0 Å². The molecule has 1 aliphatic heterocycles. The zero-order valence-electron chi connectivity index (χ0n) is 18.1. The molecular formula is C25H29N3O3S. The number of hydrogen-bond donors (Lipinski definition) is 3. The number of rotatable bonds is 6. The van der Waals surface area contributed by atoms with Crippen LogP contribution in [0.2, 0.25) is 0 Å². The fourth-order valence-electron chi connectivity index (χ4n) is 3.82. The summed E-state index contributed by atoms with van der Waals surface area (Å²) in [6, 6.07) is 21.9. The number of carbonyl (C=O) groups is 1. The molecule has 6 nitrogen and oxygen atoms in total. The highest BCUT2D eigenvalue weighted by Crippen LogP contribution is 2.41. The van der Waals surface area contributed by atoms with Crippen molar-refractivity contribution in [2.75, 3.05) is 29.5 Å². The zero-order chi connectivity index (χ0) is 22.6. The highest BCUT2D eigenvalue weighted by atomic mass is 32.3. The molecule has 1 atom stereocenters. The minimum Gasteiger partial charge on any atom is -0.367 e. The molecule has 1 aromatic heterocycles. The summed E-state index contributed by atoms with van der Waals surface area (Å²) >= 11 is 0. The Balaban J connectivity index is 1.31. The Bertz CT molecular complexity index is 1030. The van der Waals surface area contributed by atoms with Crippen LogP contribution in [0, 0.1) is 0 Å². The largest absolute Gasteiger partial charge is 0.367 e. The Morgan fingerprint density at radius 2 is 1.66 bits per heavy atom. The van der Waals surface area contributed by atoms with Gasteiger partial charge in [0.05, 0.1) is 41.5 Å². The number of amides is 1. The van der Waals surface area contributed by atoms with Crippen molar-refractivity contribution in [1.29, 1.82) is 0 Å². The van der Waals surface area contributed by atoms with Gasteiger partial charge in [-0.1, -0.05) is 54.6 Å². The summed E-state index contributed by atoms with van der Waals surface area (Å²) in [7, 11) is -2.41. The van der Waals surface area contributed by atoms with Crippen molar-refractivity contribution in [3.8, 4) is 11.1 Å². The summed E-state index contributed by atoms with van der Waals surface area (Å²) in [6.07, 6.45) is 2.11. The summed E-state index contributed by atoms with van der Waals surface area (Å²) in [4.78, 5) is 19.2. The van der Waals surface area contributed by atoms with Crippen LogP contribution in [0.1, 0.15) is 24.2 Å². The summed E-state index contributed by atoms with van der Waals surface area (Å²) in [6.45, 7) is 3.14. The minimum absolute atomic E-state index is 0.0444. The lowest BCUT2D eigenvalue weighted by molar-refractivity contribution is -0.121. The Kier molecular flexibility index (Phi) is 6.79. The molecule has 1 unspecified atom stereocenters. The predicted molar refractivity (Wildman–Crippen MR) is 131 cm³/mol. The first kappa shape index (κ1) is 22.3. The van der Waals surface area contributed by atoms with Gasteiger partial charge in [0.15, 0.2) is 0 Å². The molecular weight excluding hydrogens is 422 g/mol. The van der Waals surface area contributed by atoms with E-state index in [0.717, 1.165) is 28.1 Å². The van der Waals surface area contributed by atoms with Gasteiger partial charge in [-0.25, -0.2) is 0 Å². The lowest BCUT2D eigenvalue weighted by Crippen LogP contribution is -2.38. The molecule has 0 aliphatic carbocycles. The van der Waals surface area contributed by atoms with E-state index in [1.165, 1.54) is 0 Å². The minimum atomic E-state index is -2.41. The van der Waals surface area contributed by atoms with E-state index in [1.54, 1.807) is 6.20 Å². The maximum Gasteiger partial charge on any atom is 0.224 e. The van der Waals surface area contributed by atoms with E-state index in [4.69, 9.17) is 0 Å². The van der Waals surface area contributed by atoms with Crippen LogP contribution >= 0.6 is 10.6 Å². The normalized spacial score (nSPS) is 17.4. The Morgan fingerprint density at radius 1 is 1.00 bits per heavy atom. The first-order chi connectivity index (χ1) is 15.4. The van der Waals surface area contributed by atoms with Crippen LogP contribution in [0.5, 0.6) is 0 Å².